The normalized spacial score (nSPS) is 14.9. The predicted molar refractivity (Wildman–Crippen MR) is 80.6 cm³/mol. The van der Waals surface area contributed by atoms with E-state index in [2.05, 4.69) is 5.32 Å². The monoisotopic (exact) mass is 292 g/mol. The number of nitro benzene ring substituents is 1. The van der Waals surface area contributed by atoms with Crippen LogP contribution in [0.1, 0.15) is 5.56 Å². The van der Waals surface area contributed by atoms with E-state index in [1.807, 2.05) is 4.90 Å². The summed E-state index contributed by atoms with van der Waals surface area (Å²) in [6.45, 7) is 4.96. The molecule has 0 spiro atoms. The Balaban J connectivity index is 2.05. The number of aryl methyl sites for hydroxylation is 1. The Kier molecular flexibility index (Phi) is 4.74. The van der Waals surface area contributed by atoms with Gasteiger partial charge in [0.15, 0.2) is 0 Å². The van der Waals surface area contributed by atoms with Crippen molar-refractivity contribution in [3.63, 3.8) is 0 Å². The molecule has 7 nitrogen and oxygen atoms in total. The lowest BCUT2D eigenvalue weighted by Crippen LogP contribution is -2.49. The third kappa shape index (κ3) is 3.69. The summed E-state index contributed by atoms with van der Waals surface area (Å²) in [5, 5.41) is 14.2. The first kappa shape index (κ1) is 15.2. The Bertz CT molecular complexity index is 541. The molecule has 1 aliphatic heterocycles. The molecule has 1 fully saturated rings. The second-order valence-corrected chi connectivity index (χ2v) is 5.21. The van der Waals surface area contributed by atoms with Crippen LogP contribution in [0.3, 0.4) is 0 Å². The molecule has 1 heterocycles. The van der Waals surface area contributed by atoms with Crippen molar-refractivity contribution in [1.29, 1.82) is 0 Å². The molecule has 1 aromatic carbocycles. The number of benzene rings is 1. The van der Waals surface area contributed by atoms with Gasteiger partial charge in [0.05, 0.1) is 11.5 Å². The molecule has 1 aliphatic rings. The fourth-order valence-corrected chi connectivity index (χ4v) is 2.34. The van der Waals surface area contributed by atoms with E-state index in [0.29, 0.717) is 24.3 Å². The molecule has 7 heteroatoms. The van der Waals surface area contributed by atoms with Gasteiger partial charge in [-0.05, 0) is 13.0 Å². The third-order valence-corrected chi connectivity index (χ3v) is 3.67. The second kappa shape index (κ2) is 6.53. The molecule has 21 heavy (non-hydrogen) atoms. The number of likely N-dealkylation sites (N-methyl/N-ethyl adjacent to an activating group) is 1. The SMILES string of the molecule is Cc1ccc(N(C)CC(=O)N2CCNCC2)cc1[N+](=O)[O-]. The van der Waals surface area contributed by atoms with E-state index in [-0.39, 0.29) is 18.1 Å². The average Bonchev–Trinajstić information content (AvgIpc) is 2.48. The highest BCUT2D eigenvalue weighted by Crippen LogP contribution is 2.24. The Labute approximate surface area is 123 Å². The van der Waals surface area contributed by atoms with Crippen LogP contribution in [0.15, 0.2) is 18.2 Å². The summed E-state index contributed by atoms with van der Waals surface area (Å²) in [6, 6.07) is 5.02. The van der Waals surface area contributed by atoms with Gasteiger partial charge in [0.1, 0.15) is 0 Å². The van der Waals surface area contributed by atoms with E-state index in [0.717, 1.165) is 13.1 Å². The topological polar surface area (TPSA) is 78.7 Å². The molecular weight excluding hydrogens is 272 g/mol. The van der Waals surface area contributed by atoms with Gasteiger partial charge >= 0.3 is 0 Å². The maximum absolute atomic E-state index is 12.2. The van der Waals surface area contributed by atoms with E-state index >= 15 is 0 Å². The zero-order valence-corrected chi connectivity index (χ0v) is 12.3. The number of nitrogens with zero attached hydrogens (tertiary/aromatic N) is 3. The molecule has 1 aromatic rings. The molecule has 0 radical (unpaired) electrons. The third-order valence-electron chi connectivity index (χ3n) is 3.67. The molecule has 114 valence electrons. The van der Waals surface area contributed by atoms with Crippen LogP contribution in [0.4, 0.5) is 11.4 Å². The highest BCUT2D eigenvalue weighted by Gasteiger charge is 2.19. The highest BCUT2D eigenvalue weighted by molar-refractivity contribution is 5.81. The highest BCUT2D eigenvalue weighted by atomic mass is 16.6. The van der Waals surface area contributed by atoms with E-state index in [9.17, 15) is 14.9 Å². The number of nitro groups is 1. The van der Waals surface area contributed by atoms with Crippen LogP contribution >= 0.6 is 0 Å². The maximum atomic E-state index is 12.2. The van der Waals surface area contributed by atoms with Gasteiger partial charge in [-0.25, -0.2) is 0 Å². The number of piperazine rings is 1. The van der Waals surface area contributed by atoms with Crippen molar-refractivity contribution in [3.05, 3.63) is 33.9 Å². The Morgan fingerprint density at radius 1 is 1.43 bits per heavy atom. The summed E-state index contributed by atoms with van der Waals surface area (Å²) in [6.07, 6.45) is 0. The van der Waals surface area contributed by atoms with Crippen LogP contribution in [0, 0.1) is 17.0 Å². The van der Waals surface area contributed by atoms with Crippen LogP contribution in [-0.2, 0) is 4.79 Å². The first-order valence-corrected chi connectivity index (χ1v) is 6.93. The predicted octanol–water partition coefficient (Wildman–Crippen LogP) is 0.771. The molecule has 1 amide bonds. The molecular formula is C14H20N4O3. The van der Waals surface area contributed by atoms with Crippen molar-refractivity contribution >= 4 is 17.3 Å². The van der Waals surface area contributed by atoms with Crippen molar-refractivity contribution < 1.29 is 9.72 Å². The largest absolute Gasteiger partial charge is 0.365 e. The Morgan fingerprint density at radius 2 is 2.10 bits per heavy atom. The number of hydrogen-bond donors (Lipinski definition) is 1. The standard InChI is InChI=1S/C14H20N4O3/c1-11-3-4-12(9-13(11)18(20)21)16(2)10-14(19)17-7-5-15-6-8-17/h3-4,9,15H,5-8,10H2,1-2H3. The van der Waals surface area contributed by atoms with Gasteiger partial charge in [0.2, 0.25) is 5.91 Å². The second-order valence-electron chi connectivity index (χ2n) is 5.21. The molecule has 0 aliphatic carbocycles. The van der Waals surface area contributed by atoms with Gasteiger partial charge in [-0.1, -0.05) is 6.07 Å². The minimum absolute atomic E-state index is 0.0437. The minimum atomic E-state index is -0.398. The fourth-order valence-electron chi connectivity index (χ4n) is 2.34. The van der Waals surface area contributed by atoms with E-state index < -0.39 is 4.92 Å². The first-order valence-electron chi connectivity index (χ1n) is 6.93. The lowest BCUT2D eigenvalue weighted by atomic mass is 10.1. The number of carbonyl (C=O) groups is 1. The van der Waals surface area contributed by atoms with Crippen LogP contribution in [0.2, 0.25) is 0 Å². The number of anilines is 1. The zero-order valence-electron chi connectivity index (χ0n) is 12.3. The summed E-state index contributed by atoms with van der Waals surface area (Å²) in [4.78, 5) is 26.3. The first-order chi connectivity index (χ1) is 9.99. The van der Waals surface area contributed by atoms with Crippen LogP contribution in [-0.4, -0.2) is 55.5 Å². The number of nitrogens with one attached hydrogen (secondary N) is 1. The Morgan fingerprint density at radius 3 is 2.71 bits per heavy atom. The summed E-state index contributed by atoms with van der Waals surface area (Å²) in [5.41, 5.74) is 1.37. The van der Waals surface area contributed by atoms with Crippen LogP contribution in [0.25, 0.3) is 0 Å². The van der Waals surface area contributed by atoms with Gasteiger partial charge in [0, 0.05) is 50.5 Å². The molecule has 1 saturated heterocycles. The molecule has 0 bridgehead atoms. The smallest absolute Gasteiger partial charge is 0.274 e. The molecule has 0 atom stereocenters. The van der Waals surface area contributed by atoms with Crippen molar-refractivity contribution in [3.8, 4) is 0 Å². The fraction of sp³-hybridized carbons (Fsp3) is 0.500. The van der Waals surface area contributed by atoms with Gasteiger partial charge in [0.25, 0.3) is 5.69 Å². The van der Waals surface area contributed by atoms with Crippen LogP contribution in [0.5, 0.6) is 0 Å². The number of rotatable bonds is 4. The van der Waals surface area contributed by atoms with Gasteiger partial charge in [-0.3, -0.25) is 14.9 Å². The van der Waals surface area contributed by atoms with E-state index in [4.69, 9.17) is 0 Å². The minimum Gasteiger partial charge on any atom is -0.365 e. The van der Waals surface area contributed by atoms with Gasteiger partial charge in [-0.2, -0.15) is 0 Å². The molecule has 2 rings (SSSR count). The molecule has 0 saturated carbocycles. The van der Waals surface area contributed by atoms with Crippen molar-refractivity contribution in [2.45, 2.75) is 6.92 Å². The molecule has 0 unspecified atom stereocenters. The summed E-state index contributed by atoms with van der Waals surface area (Å²) in [5.74, 6) is 0.0437. The summed E-state index contributed by atoms with van der Waals surface area (Å²) < 4.78 is 0. The zero-order chi connectivity index (χ0) is 15.4. The lowest BCUT2D eigenvalue weighted by molar-refractivity contribution is -0.385. The average molecular weight is 292 g/mol. The Hall–Kier alpha value is -2.15. The van der Waals surface area contributed by atoms with Gasteiger partial charge in [-0.15, -0.1) is 0 Å². The number of hydrogen-bond acceptors (Lipinski definition) is 5. The quantitative estimate of drug-likeness (QED) is 0.655. The molecule has 0 aromatic heterocycles. The van der Waals surface area contributed by atoms with Gasteiger partial charge < -0.3 is 15.1 Å². The van der Waals surface area contributed by atoms with Crippen molar-refractivity contribution in [2.24, 2.45) is 0 Å². The van der Waals surface area contributed by atoms with E-state index in [1.165, 1.54) is 6.07 Å². The van der Waals surface area contributed by atoms with Crippen LogP contribution < -0.4 is 10.2 Å². The van der Waals surface area contributed by atoms with Crippen molar-refractivity contribution in [2.75, 3.05) is 44.7 Å². The molecule has 1 N–H and O–H groups in total. The summed E-state index contributed by atoms with van der Waals surface area (Å²) in [7, 11) is 1.77. The number of amides is 1. The number of carbonyl (C=O) groups excluding carboxylic acids is 1. The van der Waals surface area contributed by atoms with E-state index in [1.54, 1.807) is 31.0 Å². The maximum Gasteiger partial charge on any atom is 0.274 e. The van der Waals surface area contributed by atoms with Crippen molar-refractivity contribution in [1.82, 2.24) is 10.2 Å². The summed E-state index contributed by atoms with van der Waals surface area (Å²) >= 11 is 0. The lowest BCUT2D eigenvalue weighted by Gasteiger charge is -2.29.